The molecule has 0 aliphatic rings. The standard InChI is InChI=1S/C18H20N4O2S/c1-13-11-18(22(2)3)21-17(20-13)12-19-25(23,24)16-10-6-8-14-7-4-5-9-15(14)16/h4-11,19H,12H2,1-3H3. The van der Waals surface area contributed by atoms with E-state index in [4.69, 9.17) is 0 Å². The molecule has 0 radical (unpaired) electrons. The van der Waals surface area contributed by atoms with E-state index < -0.39 is 10.0 Å². The minimum atomic E-state index is -3.67. The van der Waals surface area contributed by atoms with Crippen LogP contribution >= 0.6 is 0 Å². The maximum atomic E-state index is 12.7. The van der Waals surface area contributed by atoms with Crippen LogP contribution in [0.3, 0.4) is 0 Å². The average Bonchev–Trinajstić information content (AvgIpc) is 2.59. The minimum absolute atomic E-state index is 0.0358. The number of aromatic nitrogens is 2. The first kappa shape index (κ1) is 17.3. The van der Waals surface area contributed by atoms with Gasteiger partial charge in [-0.2, -0.15) is 0 Å². The molecule has 3 rings (SSSR count). The van der Waals surface area contributed by atoms with Crippen molar-refractivity contribution >= 4 is 26.6 Å². The molecule has 0 amide bonds. The number of anilines is 1. The van der Waals surface area contributed by atoms with Crippen molar-refractivity contribution in [2.45, 2.75) is 18.4 Å². The van der Waals surface area contributed by atoms with Gasteiger partial charge in [0.1, 0.15) is 11.6 Å². The first-order valence-electron chi connectivity index (χ1n) is 7.86. The molecule has 3 aromatic rings. The number of aryl methyl sites for hydroxylation is 1. The molecule has 0 fully saturated rings. The summed E-state index contributed by atoms with van der Waals surface area (Å²) in [4.78, 5) is 10.8. The van der Waals surface area contributed by atoms with Crippen LogP contribution < -0.4 is 9.62 Å². The maximum absolute atomic E-state index is 12.7. The number of hydrogen-bond acceptors (Lipinski definition) is 5. The predicted molar refractivity (Wildman–Crippen MR) is 99.1 cm³/mol. The van der Waals surface area contributed by atoms with Crippen molar-refractivity contribution in [2.24, 2.45) is 0 Å². The fourth-order valence-corrected chi connectivity index (χ4v) is 3.80. The molecule has 6 nitrogen and oxygen atoms in total. The molecule has 0 aliphatic carbocycles. The van der Waals surface area contributed by atoms with Crippen LogP contribution in [0.1, 0.15) is 11.5 Å². The lowest BCUT2D eigenvalue weighted by Crippen LogP contribution is -2.25. The Balaban J connectivity index is 1.90. The van der Waals surface area contributed by atoms with Gasteiger partial charge in [0, 0.05) is 31.2 Å². The summed E-state index contributed by atoms with van der Waals surface area (Å²) in [5, 5.41) is 1.57. The molecule has 0 unspecified atom stereocenters. The molecule has 0 saturated heterocycles. The lowest BCUT2D eigenvalue weighted by molar-refractivity contribution is 0.580. The van der Waals surface area contributed by atoms with E-state index in [0.717, 1.165) is 16.9 Å². The van der Waals surface area contributed by atoms with Crippen LogP contribution in [0.5, 0.6) is 0 Å². The largest absolute Gasteiger partial charge is 0.363 e. The number of fused-ring (bicyclic) bond motifs is 1. The Morgan fingerprint density at radius 2 is 1.76 bits per heavy atom. The molecule has 130 valence electrons. The summed E-state index contributed by atoms with van der Waals surface area (Å²) >= 11 is 0. The molecule has 0 atom stereocenters. The summed E-state index contributed by atoms with van der Waals surface area (Å²) in [6.45, 7) is 1.89. The normalized spacial score (nSPS) is 11.6. The van der Waals surface area contributed by atoms with Gasteiger partial charge in [-0.25, -0.2) is 23.1 Å². The van der Waals surface area contributed by atoms with Gasteiger partial charge in [-0.15, -0.1) is 0 Å². The van der Waals surface area contributed by atoms with Crippen molar-refractivity contribution in [3.8, 4) is 0 Å². The van der Waals surface area contributed by atoms with Gasteiger partial charge in [-0.1, -0.05) is 36.4 Å². The Hall–Kier alpha value is -2.51. The van der Waals surface area contributed by atoms with Gasteiger partial charge >= 0.3 is 0 Å². The quantitative estimate of drug-likeness (QED) is 0.760. The van der Waals surface area contributed by atoms with E-state index >= 15 is 0 Å². The highest BCUT2D eigenvalue weighted by atomic mass is 32.2. The van der Waals surface area contributed by atoms with Gasteiger partial charge < -0.3 is 4.90 Å². The first-order chi connectivity index (χ1) is 11.9. The van der Waals surface area contributed by atoms with Crippen LogP contribution in [0.4, 0.5) is 5.82 Å². The Kier molecular flexibility index (Phi) is 4.69. The molecule has 1 heterocycles. The Labute approximate surface area is 147 Å². The van der Waals surface area contributed by atoms with Crippen LogP contribution in [-0.4, -0.2) is 32.5 Å². The molecule has 2 aromatic carbocycles. The molecular formula is C18H20N4O2S. The second-order valence-corrected chi connectivity index (χ2v) is 7.72. The van der Waals surface area contributed by atoms with E-state index in [0.29, 0.717) is 11.2 Å². The SMILES string of the molecule is Cc1cc(N(C)C)nc(CNS(=O)(=O)c2cccc3ccccc23)n1. The highest BCUT2D eigenvalue weighted by Crippen LogP contribution is 2.22. The zero-order chi connectivity index (χ0) is 18.0. The van der Waals surface area contributed by atoms with E-state index in [2.05, 4.69) is 14.7 Å². The second kappa shape index (κ2) is 6.78. The fourth-order valence-electron chi connectivity index (χ4n) is 2.59. The third-order valence-corrected chi connectivity index (χ3v) is 5.26. The van der Waals surface area contributed by atoms with Gasteiger partial charge in [0.2, 0.25) is 10.0 Å². The molecule has 1 N–H and O–H groups in total. The zero-order valence-corrected chi connectivity index (χ0v) is 15.2. The molecule has 0 spiro atoms. The number of rotatable bonds is 5. The van der Waals surface area contributed by atoms with Crippen LogP contribution in [0.25, 0.3) is 10.8 Å². The van der Waals surface area contributed by atoms with E-state index in [9.17, 15) is 8.42 Å². The fraction of sp³-hybridized carbons (Fsp3) is 0.222. The smallest absolute Gasteiger partial charge is 0.241 e. The van der Waals surface area contributed by atoms with Crippen LogP contribution in [0.15, 0.2) is 53.4 Å². The highest BCUT2D eigenvalue weighted by Gasteiger charge is 2.17. The zero-order valence-electron chi connectivity index (χ0n) is 14.4. The highest BCUT2D eigenvalue weighted by molar-refractivity contribution is 7.89. The van der Waals surface area contributed by atoms with E-state index in [1.54, 1.807) is 18.2 Å². The summed E-state index contributed by atoms with van der Waals surface area (Å²) < 4.78 is 28.1. The van der Waals surface area contributed by atoms with E-state index in [1.807, 2.05) is 56.3 Å². The number of benzene rings is 2. The molecule has 0 bridgehead atoms. The lowest BCUT2D eigenvalue weighted by atomic mass is 10.1. The van der Waals surface area contributed by atoms with E-state index in [1.165, 1.54) is 0 Å². The number of nitrogens with zero attached hydrogens (tertiary/aromatic N) is 3. The molecule has 7 heteroatoms. The Morgan fingerprint density at radius 1 is 1.04 bits per heavy atom. The van der Waals surface area contributed by atoms with Crippen molar-refractivity contribution in [1.29, 1.82) is 0 Å². The minimum Gasteiger partial charge on any atom is -0.363 e. The number of hydrogen-bond donors (Lipinski definition) is 1. The summed E-state index contributed by atoms with van der Waals surface area (Å²) in [6, 6.07) is 14.5. The van der Waals surface area contributed by atoms with Crippen molar-refractivity contribution in [1.82, 2.24) is 14.7 Å². The van der Waals surface area contributed by atoms with Crippen molar-refractivity contribution in [3.05, 3.63) is 60.0 Å². The Morgan fingerprint density at radius 3 is 2.52 bits per heavy atom. The van der Waals surface area contributed by atoms with Crippen molar-refractivity contribution in [2.75, 3.05) is 19.0 Å². The third kappa shape index (κ3) is 3.78. The number of nitrogens with one attached hydrogen (secondary N) is 1. The third-order valence-electron chi connectivity index (χ3n) is 3.80. The Bertz CT molecular complexity index is 1010. The molecule has 0 aliphatic heterocycles. The van der Waals surface area contributed by atoms with E-state index in [-0.39, 0.29) is 11.4 Å². The van der Waals surface area contributed by atoms with Crippen molar-refractivity contribution in [3.63, 3.8) is 0 Å². The molecule has 0 saturated carbocycles. The van der Waals surface area contributed by atoms with Gasteiger partial charge in [0.25, 0.3) is 0 Å². The summed E-state index contributed by atoms with van der Waals surface area (Å²) in [5.41, 5.74) is 0.790. The van der Waals surface area contributed by atoms with Gasteiger partial charge in [0.15, 0.2) is 0 Å². The molecular weight excluding hydrogens is 336 g/mol. The number of sulfonamides is 1. The molecule has 25 heavy (non-hydrogen) atoms. The monoisotopic (exact) mass is 356 g/mol. The van der Waals surface area contributed by atoms with Crippen LogP contribution in [-0.2, 0) is 16.6 Å². The lowest BCUT2D eigenvalue weighted by Gasteiger charge is -2.14. The predicted octanol–water partition coefficient (Wildman–Crippen LogP) is 2.48. The van der Waals surface area contributed by atoms with Crippen LogP contribution in [0, 0.1) is 6.92 Å². The van der Waals surface area contributed by atoms with Crippen LogP contribution in [0.2, 0.25) is 0 Å². The maximum Gasteiger partial charge on any atom is 0.241 e. The van der Waals surface area contributed by atoms with Gasteiger partial charge in [-0.3, -0.25) is 0 Å². The topological polar surface area (TPSA) is 75.2 Å². The summed E-state index contributed by atoms with van der Waals surface area (Å²) in [6.07, 6.45) is 0. The molecule has 1 aromatic heterocycles. The first-order valence-corrected chi connectivity index (χ1v) is 9.34. The summed E-state index contributed by atoms with van der Waals surface area (Å²) in [7, 11) is 0.0869. The average molecular weight is 356 g/mol. The van der Waals surface area contributed by atoms with Gasteiger partial charge in [0.05, 0.1) is 11.4 Å². The summed E-state index contributed by atoms with van der Waals surface area (Å²) in [5.74, 6) is 1.18. The van der Waals surface area contributed by atoms with Crippen molar-refractivity contribution < 1.29 is 8.42 Å². The van der Waals surface area contributed by atoms with Gasteiger partial charge in [-0.05, 0) is 18.4 Å². The second-order valence-electron chi connectivity index (χ2n) is 5.98.